The van der Waals surface area contributed by atoms with Gasteiger partial charge < -0.3 is 10.3 Å². The number of aryl methyl sites for hydroxylation is 1. The largest absolute Gasteiger partial charge is 0.416 e. The number of nitrogen functional groups attached to an aromatic ring is 1. The third kappa shape index (κ3) is 2.72. The van der Waals surface area contributed by atoms with Gasteiger partial charge in [0.2, 0.25) is 5.88 Å². The first-order chi connectivity index (χ1) is 8.93. The lowest BCUT2D eigenvalue weighted by atomic mass is 10.0. The molecule has 19 heavy (non-hydrogen) atoms. The summed E-state index contributed by atoms with van der Waals surface area (Å²) >= 11 is 0. The van der Waals surface area contributed by atoms with Crippen LogP contribution in [0.4, 0.5) is 19.1 Å². The Hall–Kier alpha value is -1.98. The number of anilines is 1. The molecule has 0 bridgehead atoms. The molecular formula is C13H13F3N2O. The van der Waals surface area contributed by atoms with Gasteiger partial charge in [0.25, 0.3) is 0 Å². The maximum atomic E-state index is 12.7. The smallest absolute Gasteiger partial charge is 0.367 e. The minimum atomic E-state index is -4.38. The van der Waals surface area contributed by atoms with Crippen LogP contribution >= 0.6 is 0 Å². The van der Waals surface area contributed by atoms with Crippen LogP contribution in [0.5, 0.6) is 0 Å². The van der Waals surface area contributed by atoms with Gasteiger partial charge in [-0.3, -0.25) is 0 Å². The molecule has 102 valence electrons. The zero-order valence-corrected chi connectivity index (χ0v) is 10.3. The van der Waals surface area contributed by atoms with Gasteiger partial charge in [0.05, 0.1) is 16.8 Å². The molecule has 2 aromatic rings. The van der Waals surface area contributed by atoms with E-state index in [1.807, 2.05) is 6.92 Å². The van der Waals surface area contributed by atoms with E-state index in [1.54, 1.807) is 6.07 Å². The van der Waals surface area contributed by atoms with E-state index in [-0.39, 0.29) is 5.88 Å². The summed E-state index contributed by atoms with van der Waals surface area (Å²) in [6.45, 7) is 1.95. The normalized spacial score (nSPS) is 11.8. The molecule has 0 fully saturated rings. The average molecular weight is 270 g/mol. The predicted molar refractivity (Wildman–Crippen MR) is 65.3 cm³/mol. The zero-order valence-electron chi connectivity index (χ0n) is 10.3. The topological polar surface area (TPSA) is 52.0 Å². The van der Waals surface area contributed by atoms with E-state index in [0.29, 0.717) is 23.2 Å². The molecule has 0 aliphatic carbocycles. The van der Waals surface area contributed by atoms with Gasteiger partial charge in [0.1, 0.15) is 0 Å². The standard InChI is InChI=1S/C13H13F3N2O/c1-2-4-10-11(12(17)19-18-10)8-5-3-6-9(7-8)13(14,15)16/h3,5-7H,2,4,17H2,1H3. The van der Waals surface area contributed by atoms with Gasteiger partial charge >= 0.3 is 6.18 Å². The SMILES string of the molecule is CCCc1noc(N)c1-c1cccc(C(F)(F)F)c1. The third-order valence-corrected chi connectivity index (χ3v) is 2.75. The lowest BCUT2D eigenvalue weighted by Crippen LogP contribution is -2.04. The highest BCUT2D eigenvalue weighted by molar-refractivity contribution is 5.75. The number of nitrogens with two attached hydrogens (primary N) is 1. The van der Waals surface area contributed by atoms with E-state index in [1.165, 1.54) is 6.07 Å². The van der Waals surface area contributed by atoms with E-state index in [9.17, 15) is 13.2 Å². The molecular weight excluding hydrogens is 257 g/mol. The molecule has 0 aliphatic rings. The molecule has 3 nitrogen and oxygen atoms in total. The first-order valence-corrected chi connectivity index (χ1v) is 5.85. The van der Waals surface area contributed by atoms with Crippen LogP contribution in [-0.4, -0.2) is 5.16 Å². The summed E-state index contributed by atoms with van der Waals surface area (Å²) in [5.41, 5.74) is 6.34. The van der Waals surface area contributed by atoms with Crippen LogP contribution in [0.25, 0.3) is 11.1 Å². The van der Waals surface area contributed by atoms with Gasteiger partial charge in [-0.15, -0.1) is 0 Å². The summed E-state index contributed by atoms with van der Waals surface area (Å²) in [4.78, 5) is 0. The highest BCUT2D eigenvalue weighted by Gasteiger charge is 2.31. The van der Waals surface area contributed by atoms with Crippen LogP contribution in [0.3, 0.4) is 0 Å². The molecule has 1 aromatic carbocycles. The van der Waals surface area contributed by atoms with Gasteiger partial charge in [-0.25, -0.2) is 0 Å². The Labute approximate surface area is 108 Å². The van der Waals surface area contributed by atoms with Crippen molar-refractivity contribution < 1.29 is 17.7 Å². The molecule has 1 heterocycles. The Morgan fingerprint density at radius 3 is 2.68 bits per heavy atom. The summed E-state index contributed by atoms with van der Waals surface area (Å²) in [7, 11) is 0. The number of alkyl halides is 3. The number of rotatable bonds is 3. The van der Waals surface area contributed by atoms with E-state index in [2.05, 4.69) is 5.16 Å². The molecule has 0 atom stereocenters. The van der Waals surface area contributed by atoms with Crippen molar-refractivity contribution in [1.29, 1.82) is 0 Å². The van der Waals surface area contributed by atoms with Crippen molar-refractivity contribution in [3.8, 4) is 11.1 Å². The van der Waals surface area contributed by atoms with Crippen LogP contribution in [0.1, 0.15) is 24.6 Å². The highest BCUT2D eigenvalue weighted by atomic mass is 19.4. The Bertz CT molecular complexity index is 576. The summed E-state index contributed by atoms with van der Waals surface area (Å²) in [6, 6.07) is 4.99. The number of nitrogens with zero attached hydrogens (tertiary/aromatic N) is 1. The molecule has 0 saturated carbocycles. The molecule has 0 amide bonds. The number of hydrogen-bond donors (Lipinski definition) is 1. The summed E-state index contributed by atoms with van der Waals surface area (Å²) in [5.74, 6) is 0.0442. The first kappa shape index (κ1) is 13.5. The number of benzene rings is 1. The van der Waals surface area contributed by atoms with Crippen LogP contribution in [-0.2, 0) is 12.6 Å². The van der Waals surface area contributed by atoms with Crippen molar-refractivity contribution in [3.05, 3.63) is 35.5 Å². The number of aromatic nitrogens is 1. The van der Waals surface area contributed by atoms with Crippen LogP contribution in [0.2, 0.25) is 0 Å². The molecule has 0 aliphatic heterocycles. The molecule has 2 rings (SSSR count). The molecule has 6 heteroatoms. The average Bonchev–Trinajstić information content (AvgIpc) is 2.70. The lowest BCUT2D eigenvalue weighted by molar-refractivity contribution is -0.137. The Morgan fingerprint density at radius 2 is 2.05 bits per heavy atom. The first-order valence-electron chi connectivity index (χ1n) is 5.85. The second-order valence-corrected chi connectivity index (χ2v) is 4.20. The molecule has 1 aromatic heterocycles. The van der Waals surface area contributed by atoms with Gasteiger partial charge in [0.15, 0.2) is 0 Å². The van der Waals surface area contributed by atoms with Crippen molar-refractivity contribution >= 4 is 5.88 Å². The summed E-state index contributed by atoms with van der Waals surface area (Å²) in [5, 5.41) is 3.79. The number of hydrogen-bond acceptors (Lipinski definition) is 3. The maximum absolute atomic E-state index is 12.7. The summed E-state index contributed by atoms with van der Waals surface area (Å²) < 4.78 is 42.9. The second-order valence-electron chi connectivity index (χ2n) is 4.20. The van der Waals surface area contributed by atoms with Gasteiger partial charge in [-0.2, -0.15) is 13.2 Å². The molecule has 0 spiro atoms. The van der Waals surface area contributed by atoms with Crippen LogP contribution in [0, 0.1) is 0 Å². The molecule has 0 unspecified atom stereocenters. The minimum Gasteiger partial charge on any atom is -0.367 e. The van der Waals surface area contributed by atoms with Crippen molar-refractivity contribution in [3.63, 3.8) is 0 Å². The fourth-order valence-corrected chi connectivity index (χ4v) is 1.91. The molecule has 0 radical (unpaired) electrons. The van der Waals surface area contributed by atoms with Gasteiger partial charge in [-0.1, -0.05) is 30.6 Å². The maximum Gasteiger partial charge on any atom is 0.416 e. The lowest BCUT2D eigenvalue weighted by Gasteiger charge is -2.08. The van der Waals surface area contributed by atoms with Gasteiger partial charge in [-0.05, 0) is 24.1 Å². The zero-order chi connectivity index (χ0) is 14.0. The highest BCUT2D eigenvalue weighted by Crippen LogP contribution is 2.35. The van der Waals surface area contributed by atoms with Crippen molar-refractivity contribution in [2.24, 2.45) is 0 Å². The van der Waals surface area contributed by atoms with Crippen molar-refractivity contribution in [2.75, 3.05) is 5.73 Å². The van der Waals surface area contributed by atoms with Crippen molar-refractivity contribution in [2.45, 2.75) is 25.9 Å². The van der Waals surface area contributed by atoms with Gasteiger partial charge in [0, 0.05) is 0 Å². The Morgan fingerprint density at radius 1 is 1.32 bits per heavy atom. The Balaban J connectivity index is 2.50. The molecule has 2 N–H and O–H groups in total. The Kier molecular flexibility index (Phi) is 3.50. The summed E-state index contributed by atoms with van der Waals surface area (Å²) in [6.07, 6.45) is -2.98. The van der Waals surface area contributed by atoms with Crippen LogP contribution < -0.4 is 5.73 Å². The van der Waals surface area contributed by atoms with E-state index in [4.69, 9.17) is 10.3 Å². The molecule has 0 saturated heterocycles. The fourth-order valence-electron chi connectivity index (χ4n) is 1.91. The third-order valence-electron chi connectivity index (χ3n) is 2.75. The second kappa shape index (κ2) is 4.95. The predicted octanol–water partition coefficient (Wildman–Crippen LogP) is 3.90. The minimum absolute atomic E-state index is 0.0442. The number of halogens is 3. The monoisotopic (exact) mass is 270 g/mol. The van der Waals surface area contributed by atoms with E-state index >= 15 is 0 Å². The van der Waals surface area contributed by atoms with E-state index in [0.717, 1.165) is 18.6 Å². The van der Waals surface area contributed by atoms with E-state index < -0.39 is 11.7 Å². The fraction of sp³-hybridized carbons (Fsp3) is 0.308. The van der Waals surface area contributed by atoms with Crippen LogP contribution in [0.15, 0.2) is 28.8 Å². The quantitative estimate of drug-likeness (QED) is 0.920. The van der Waals surface area contributed by atoms with Crippen molar-refractivity contribution in [1.82, 2.24) is 5.16 Å².